The highest BCUT2D eigenvalue weighted by molar-refractivity contribution is 7.15. The first kappa shape index (κ1) is 14.5. The maximum atomic E-state index is 12.3. The Bertz CT molecular complexity index is 566. The number of nitrogens with zero attached hydrogens (tertiary/aromatic N) is 2. The first-order valence-corrected chi connectivity index (χ1v) is 7.53. The van der Waals surface area contributed by atoms with E-state index in [0.29, 0.717) is 17.6 Å². The van der Waals surface area contributed by atoms with Crippen LogP contribution in [0.1, 0.15) is 31.6 Å². The van der Waals surface area contributed by atoms with Crippen molar-refractivity contribution in [1.29, 1.82) is 0 Å². The Morgan fingerprint density at radius 2 is 2.05 bits per heavy atom. The summed E-state index contributed by atoms with van der Waals surface area (Å²) in [5.74, 6) is 0.410. The number of urea groups is 1. The maximum Gasteiger partial charge on any atom is 0.328 e. The quantitative estimate of drug-likeness (QED) is 0.919. The molecule has 0 fully saturated rings. The standard InChI is InChI=1S/C15H19N3OS/c1-4-16-14(19)18(12-8-6-5-7-9-12)15-17-10-13(20-15)11(2)3/h5-11H,4H2,1-3H3,(H,16,19). The lowest BCUT2D eigenvalue weighted by atomic mass is 10.2. The molecule has 4 nitrogen and oxygen atoms in total. The minimum atomic E-state index is -0.150. The highest BCUT2D eigenvalue weighted by Gasteiger charge is 2.21. The molecule has 2 amide bonds. The monoisotopic (exact) mass is 289 g/mol. The fourth-order valence-electron chi connectivity index (χ4n) is 1.77. The van der Waals surface area contributed by atoms with E-state index in [2.05, 4.69) is 24.1 Å². The molecule has 0 radical (unpaired) electrons. The summed E-state index contributed by atoms with van der Waals surface area (Å²) in [5, 5.41) is 3.53. The Kier molecular flexibility index (Phi) is 4.74. The van der Waals surface area contributed by atoms with Crippen molar-refractivity contribution in [1.82, 2.24) is 10.3 Å². The summed E-state index contributed by atoms with van der Waals surface area (Å²) >= 11 is 1.55. The third-order valence-corrected chi connectivity index (χ3v) is 4.10. The highest BCUT2D eigenvalue weighted by atomic mass is 32.1. The molecule has 20 heavy (non-hydrogen) atoms. The molecule has 0 bridgehead atoms. The Morgan fingerprint density at radius 1 is 1.35 bits per heavy atom. The second-order valence-electron chi connectivity index (χ2n) is 4.71. The third kappa shape index (κ3) is 3.17. The van der Waals surface area contributed by atoms with Crippen LogP contribution < -0.4 is 10.2 Å². The molecule has 0 spiro atoms. The summed E-state index contributed by atoms with van der Waals surface area (Å²) in [6.45, 7) is 6.74. The van der Waals surface area contributed by atoms with Crippen LogP contribution in [0.25, 0.3) is 0 Å². The topological polar surface area (TPSA) is 45.2 Å². The summed E-state index contributed by atoms with van der Waals surface area (Å²) in [6, 6.07) is 9.43. The van der Waals surface area contributed by atoms with Crippen molar-refractivity contribution < 1.29 is 4.79 Å². The van der Waals surface area contributed by atoms with Crippen LogP contribution in [-0.2, 0) is 0 Å². The van der Waals surface area contributed by atoms with Gasteiger partial charge in [-0.3, -0.25) is 0 Å². The van der Waals surface area contributed by atoms with Crippen LogP contribution in [0.4, 0.5) is 15.6 Å². The van der Waals surface area contributed by atoms with E-state index < -0.39 is 0 Å². The summed E-state index contributed by atoms with van der Waals surface area (Å²) in [6.07, 6.45) is 1.85. The fourth-order valence-corrected chi connectivity index (χ4v) is 2.71. The van der Waals surface area contributed by atoms with E-state index in [0.717, 1.165) is 5.69 Å². The largest absolute Gasteiger partial charge is 0.338 e. The smallest absolute Gasteiger partial charge is 0.328 e. The number of thiazole rings is 1. The van der Waals surface area contributed by atoms with Gasteiger partial charge >= 0.3 is 6.03 Å². The maximum absolute atomic E-state index is 12.3. The predicted octanol–water partition coefficient (Wildman–Crippen LogP) is 4.13. The number of para-hydroxylation sites is 1. The average Bonchev–Trinajstić information content (AvgIpc) is 2.90. The molecular weight excluding hydrogens is 270 g/mol. The van der Waals surface area contributed by atoms with Crippen molar-refractivity contribution in [3.05, 3.63) is 41.4 Å². The summed E-state index contributed by atoms with van der Waals surface area (Å²) in [7, 11) is 0. The molecule has 0 aliphatic rings. The summed E-state index contributed by atoms with van der Waals surface area (Å²) in [5.41, 5.74) is 0.822. The molecule has 0 aliphatic carbocycles. The third-order valence-electron chi connectivity index (χ3n) is 2.82. The van der Waals surface area contributed by atoms with Crippen molar-refractivity contribution in [3.8, 4) is 0 Å². The molecule has 2 rings (SSSR count). The van der Waals surface area contributed by atoms with Gasteiger partial charge in [0.15, 0.2) is 5.13 Å². The van der Waals surface area contributed by atoms with Gasteiger partial charge in [-0.25, -0.2) is 14.7 Å². The van der Waals surface area contributed by atoms with Gasteiger partial charge in [-0.15, -0.1) is 11.3 Å². The number of amides is 2. The lowest BCUT2D eigenvalue weighted by Crippen LogP contribution is -2.36. The molecule has 0 saturated carbocycles. The lowest BCUT2D eigenvalue weighted by molar-refractivity contribution is 0.249. The van der Waals surface area contributed by atoms with Crippen molar-refractivity contribution in [2.75, 3.05) is 11.4 Å². The second kappa shape index (κ2) is 6.52. The van der Waals surface area contributed by atoms with E-state index in [1.54, 1.807) is 16.2 Å². The van der Waals surface area contributed by atoms with Gasteiger partial charge in [0.05, 0.1) is 5.69 Å². The number of aromatic nitrogens is 1. The van der Waals surface area contributed by atoms with Gasteiger partial charge in [0.1, 0.15) is 0 Å². The number of carbonyl (C=O) groups is 1. The van der Waals surface area contributed by atoms with E-state index in [4.69, 9.17) is 0 Å². The van der Waals surface area contributed by atoms with Crippen molar-refractivity contribution in [2.45, 2.75) is 26.7 Å². The summed E-state index contributed by atoms with van der Waals surface area (Å²) < 4.78 is 0. The molecule has 1 aromatic heterocycles. The predicted molar refractivity (Wildman–Crippen MR) is 83.9 cm³/mol. The van der Waals surface area contributed by atoms with Crippen molar-refractivity contribution in [2.24, 2.45) is 0 Å². The molecule has 0 atom stereocenters. The lowest BCUT2D eigenvalue weighted by Gasteiger charge is -2.20. The molecule has 1 aromatic carbocycles. The van der Waals surface area contributed by atoms with Gasteiger partial charge in [0, 0.05) is 17.6 Å². The van der Waals surface area contributed by atoms with Gasteiger partial charge in [-0.1, -0.05) is 32.0 Å². The molecule has 0 saturated heterocycles. The van der Waals surface area contributed by atoms with Crippen LogP contribution >= 0.6 is 11.3 Å². The van der Waals surface area contributed by atoms with Crippen LogP contribution in [0, 0.1) is 0 Å². The van der Waals surface area contributed by atoms with Crippen LogP contribution in [-0.4, -0.2) is 17.6 Å². The number of rotatable bonds is 4. The zero-order valence-corrected chi connectivity index (χ0v) is 12.8. The fraction of sp³-hybridized carbons (Fsp3) is 0.333. The van der Waals surface area contributed by atoms with Gasteiger partial charge < -0.3 is 5.32 Å². The first-order chi connectivity index (χ1) is 9.63. The minimum Gasteiger partial charge on any atom is -0.338 e. The number of carbonyl (C=O) groups excluding carboxylic acids is 1. The zero-order valence-electron chi connectivity index (χ0n) is 12.0. The van der Waals surface area contributed by atoms with Crippen LogP contribution in [0.2, 0.25) is 0 Å². The Balaban J connectivity index is 2.38. The molecular formula is C15H19N3OS. The van der Waals surface area contributed by atoms with Crippen LogP contribution in [0.15, 0.2) is 36.5 Å². The number of anilines is 2. The number of hydrogen-bond donors (Lipinski definition) is 1. The van der Waals surface area contributed by atoms with Gasteiger partial charge in [-0.05, 0) is 25.0 Å². The average molecular weight is 289 g/mol. The van der Waals surface area contributed by atoms with E-state index in [-0.39, 0.29) is 6.03 Å². The van der Waals surface area contributed by atoms with Crippen molar-refractivity contribution in [3.63, 3.8) is 0 Å². The number of benzene rings is 1. The Hall–Kier alpha value is -1.88. The zero-order chi connectivity index (χ0) is 14.5. The van der Waals surface area contributed by atoms with E-state index in [9.17, 15) is 4.79 Å². The normalized spacial score (nSPS) is 10.6. The van der Waals surface area contributed by atoms with Crippen molar-refractivity contribution >= 4 is 28.2 Å². The minimum absolute atomic E-state index is 0.150. The number of hydrogen-bond acceptors (Lipinski definition) is 3. The van der Waals surface area contributed by atoms with E-state index in [1.165, 1.54) is 4.88 Å². The molecule has 0 aliphatic heterocycles. The highest BCUT2D eigenvalue weighted by Crippen LogP contribution is 2.32. The SMILES string of the molecule is CCNC(=O)N(c1ccccc1)c1ncc(C(C)C)s1. The molecule has 106 valence electrons. The second-order valence-corrected chi connectivity index (χ2v) is 5.75. The van der Waals surface area contributed by atoms with Crippen LogP contribution in [0.3, 0.4) is 0 Å². The number of nitrogens with one attached hydrogen (secondary N) is 1. The van der Waals surface area contributed by atoms with Gasteiger partial charge in [0.2, 0.25) is 0 Å². The molecule has 0 unspecified atom stereocenters. The molecule has 1 heterocycles. The molecule has 2 aromatic rings. The molecule has 5 heteroatoms. The van der Waals surface area contributed by atoms with Gasteiger partial charge in [0.25, 0.3) is 0 Å². The van der Waals surface area contributed by atoms with Crippen LogP contribution in [0.5, 0.6) is 0 Å². The van der Waals surface area contributed by atoms with E-state index >= 15 is 0 Å². The first-order valence-electron chi connectivity index (χ1n) is 6.72. The van der Waals surface area contributed by atoms with Gasteiger partial charge in [-0.2, -0.15) is 0 Å². The Morgan fingerprint density at radius 3 is 2.60 bits per heavy atom. The van der Waals surface area contributed by atoms with E-state index in [1.807, 2.05) is 43.5 Å². The summed E-state index contributed by atoms with van der Waals surface area (Å²) in [4.78, 5) is 19.5. The molecule has 1 N–H and O–H groups in total. The Labute approximate surface area is 123 Å².